The summed E-state index contributed by atoms with van der Waals surface area (Å²) in [7, 11) is 0. The van der Waals surface area contributed by atoms with Gasteiger partial charge < -0.3 is 0 Å². The lowest BCUT2D eigenvalue weighted by Crippen LogP contribution is -2.21. The molecule has 0 fully saturated rings. The van der Waals surface area contributed by atoms with Crippen LogP contribution >= 0.6 is 11.8 Å². The van der Waals surface area contributed by atoms with Crippen LogP contribution in [0.1, 0.15) is 11.6 Å². The van der Waals surface area contributed by atoms with Crippen LogP contribution in [0, 0.1) is 0 Å². The summed E-state index contributed by atoms with van der Waals surface area (Å²) in [6.07, 6.45) is 0. The molecule has 1 aromatic carbocycles. The molecule has 0 amide bonds. The maximum Gasteiger partial charge on any atom is 0.307 e. The van der Waals surface area contributed by atoms with Gasteiger partial charge in [-0.15, -0.1) is 0 Å². The molecule has 1 aromatic rings. The summed E-state index contributed by atoms with van der Waals surface area (Å²) >= 11 is 1.94. The van der Waals surface area contributed by atoms with Crippen LogP contribution in [0.25, 0.3) is 0 Å². The number of amidine groups is 1. The molecule has 2 nitrogen and oxygen atoms in total. The summed E-state index contributed by atoms with van der Waals surface area (Å²) in [6.45, 7) is 2.34. The molecule has 0 saturated heterocycles. The number of nitrogens with one attached hydrogen (secondary N) is 1. The molecule has 3 rings (SSSR count). The van der Waals surface area contributed by atoms with Crippen LogP contribution < -0.4 is 5.32 Å². The van der Waals surface area contributed by atoms with E-state index in [4.69, 9.17) is 0 Å². The van der Waals surface area contributed by atoms with Crippen molar-refractivity contribution in [2.45, 2.75) is 6.04 Å². The molecule has 3 heteroatoms. The highest BCUT2D eigenvalue weighted by atomic mass is 32.2. The second-order valence-corrected chi connectivity index (χ2v) is 4.79. The molecule has 2 aliphatic rings. The van der Waals surface area contributed by atoms with Crippen molar-refractivity contribution in [2.75, 3.05) is 18.8 Å². The lowest BCUT2D eigenvalue weighted by atomic mass is 10.1. The van der Waals surface area contributed by atoms with Crippen molar-refractivity contribution >= 4 is 16.9 Å². The van der Waals surface area contributed by atoms with E-state index in [2.05, 4.69) is 40.2 Å². The van der Waals surface area contributed by atoms with Crippen molar-refractivity contribution in [3.8, 4) is 0 Å². The van der Waals surface area contributed by atoms with Crippen LogP contribution in [-0.2, 0) is 0 Å². The van der Waals surface area contributed by atoms with E-state index < -0.39 is 0 Å². The molecule has 0 unspecified atom stereocenters. The second kappa shape index (κ2) is 3.31. The van der Waals surface area contributed by atoms with Gasteiger partial charge in [0.2, 0.25) is 0 Å². The van der Waals surface area contributed by atoms with Gasteiger partial charge in [-0.25, -0.2) is 0 Å². The fraction of sp³-hybridized carbons (Fsp3) is 0.364. The second-order valence-electron chi connectivity index (χ2n) is 3.71. The summed E-state index contributed by atoms with van der Waals surface area (Å²) in [5, 5.41) is 4.95. The van der Waals surface area contributed by atoms with Crippen LogP contribution in [0.5, 0.6) is 0 Å². The van der Waals surface area contributed by atoms with Gasteiger partial charge in [0.1, 0.15) is 6.54 Å². The Bertz CT molecular complexity index is 356. The highest BCUT2D eigenvalue weighted by Crippen LogP contribution is 2.23. The number of benzene rings is 1. The SMILES string of the molecule is c1ccc([C@@H]2C[N+]3=C(N2)SCC3)cc1. The highest BCUT2D eigenvalue weighted by molar-refractivity contribution is 8.13. The van der Waals surface area contributed by atoms with E-state index >= 15 is 0 Å². The molecular formula is C11H13N2S+. The summed E-state index contributed by atoms with van der Waals surface area (Å²) in [4.78, 5) is 0. The minimum Gasteiger partial charge on any atom is -0.258 e. The monoisotopic (exact) mass is 205 g/mol. The molecule has 0 bridgehead atoms. The molecule has 0 aromatic heterocycles. The van der Waals surface area contributed by atoms with Crippen molar-refractivity contribution < 1.29 is 4.58 Å². The Morgan fingerprint density at radius 1 is 1.29 bits per heavy atom. The van der Waals surface area contributed by atoms with Crippen LogP contribution in [0.3, 0.4) is 0 Å². The van der Waals surface area contributed by atoms with Crippen molar-refractivity contribution in [3.63, 3.8) is 0 Å². The zero-order chi connectivity index (χ0) is 9.38. The van der Waals surface area contributed by atoms with Crippen LogP contribution in [-0.4, -0.2) is 28.6 Å². The third-order valence-electron chi connectivity index (χ3n) is 2.79. The fourth-order valence-electron chi connectivity index (χ4n) is 2.04. The van der Waals surface area contributed by atoms with Gasteiger partial charge in [0.15, 0.2) is 6.04 Å². The number of hydrogen-bond acceptors (Lipinski definition) is 2. The van der Waals surface area contributed by atoms with E-state index in [-0.39, 0.29) is 0 Å². The van der Waals surface area contributed by atoms with Gasteiger partial charge in [-0.3, -0.25) is 9.89 Å². The lowest BCUT2D eigenvalue weighted by molar-refractivity contribution is -0.511. The van der Waals surface area contributed by atoms with Crippen LogP contribution in [0.2, 0.25) is 0 Å². The normalized spacial score (nSPS) is 25.0. The zero-order valence-corrected chi connectivity index (χ0v) is 8.76. The topological polar surface area (TPSA) is 15.0 Å². The summed E-state index contributed by atoms with van der Waals surface area (Å²) in [5.41, 5.74) is 1.40. The Morgan fingerprint density at radius 3 is 2.93 bits per heavy atom. The smallest absolute Gasteiger partial charge is 0.258 e. The van der Waals surface area contributed by atoms with Crippen molar-refractivity contribution in [1.29, 1.82) is 0 Å². The van der Waals surface area contributed by atoms with E-state index in [0.29, 0.717) is 6.04 Å². The summed E-state index contributed by atoms with van der Waals surface area (Å²) < 4.78 is 2.45. The molecule has 0 spiro atoms. The quantitative estimate of drug-likeness (QED) is 0.698. The minimum atomic E-state index is 0.499. The number of thioether (sulfide) groups is 1. The number of rotatable bonds is 1. The highest BCUT2D eigenvalue weighted by Gasteiger charge is 2.34. The fourth-order valence-corrected chi connectivity index (χ4v) is 3.12. The van der Waals surface area contributed by atoms with Gasteiger partial charge >= 0.3 is 5.17 Å². The average molecular weight is 205 g/mol. The Kier molecular flexibility index (Phi) is 1.98. The maximum absolute atomic E-state index is 3.57. The molecule has 14 heavy (non-hydrogen) atoms. The first-order valence-corrected chi connectivity index (χ1v) is 5.98. The molecular weight excluding hydrogens is 192 g/mol. The predicted molar refractivity (Wildman–Crippen MR) is 59.8 cm³/mol. The van der Waals surface area contributed by atoms with Crippen molar-refractivity contribution in [3.05, 3.63) is 35.9 Å². The molecule has 0 aliphatic carbocycles. The first-order valence-electron chi connectivity index (χ1n) is 5.00. The Balaban J connectivity index is 1.80. The summed E-state index contributed by atoms with van der Waals surface area (Å²) in [6, 6.07) is 11.2. The van der Waals surface area contributed by atoms with Gasteiger partial charge in [-0.2, -0.15) is 0 Å². The van der Waals surface area contributed by atoms with E-state index in [1.54, 1.807) is 0 Å². The first-order chi connectivity index (χ1) is 6.93. The molecule has 0 radical (unpaired) electrons. The predicted octanol–water partition coefficient (Wildman–Crippen LogP) is 1.45. The van der Waals surface area contributed by atoms with Crippen molar-refractivity contribution in [2.24, 2.45) is 0 Å². The molecule has 72 valence electrons. The van der Waals surface area contributed by atoms with Crippen LogP contribution in [0.15, 0.2) is 30.3 Å². The van der Waals surface area contributed by atoms with E-state index in [0.717, 1.165) is 6.54 Å². The standard InChI is InChI=1S/C11H12N2S/c1-2-4-9(5-3-1)10-8-13-6-7-14-11(13)12-10/h1-5,10H,6-8H2/p+1/t10-/m0/s1. The Hall–Kier alpha value is -0.960. The van der Waals surface area contributed by atoms with Crippen LogP contribution in [0.4, 0.5) is 0 Å². The largest absolute Gasteiger partial charge is 0.307 e. The minimum absolute atomic E-state index is 0.499. The molecule has 0 saturated carbocycles. The number of nitrogens with zero attached hydrogens (tertiary/aromatic N) is 1. The van der Waals surface area contributed by atoms with Gasteiger partial charge in [0, 0.05) is 11.3 Å². The third-order valence-corrected chi connectivity index (χ3v) is 3.83. The zero-order valence-electron chi connectivity index (χ0n) is 7.94. The Morgan fingerprint density at radius 2 is 2.14 bits per heavy atom. The maximum atomic E-state index is 3.57. The van der Waals surface area contributed by atoms with E-state index in [1.165, 1.54) is 23.0 Å². The van der Waals surface area contributed by atoms with Gasteiger partial charge in [0.25, 0.3) is 0 Å². The van der Waals surface area contributed by atoms with Gasteiger partial charge in [-0.05, 0) is 11.8 Å². The number of hydrogen-bond donors (Lipinski definition) is 1. The van der Waals surface area contributed by atoms with Gasteiger partial charge in [-0.1, -0.05) is 30.3 Å². The average Bonchev–Trinajstić information content (AvgIpc) is 2.78. The third kappa shape index (κ3) is 1.32. The first kappa shape index (κ1) is 8.36. The molecule has 1 atom stereocenters. The summed E-state index contributed by atoms with van der Waals surface area (Å²) in [5.74, 6) is 1.24. The molecule has 2 heterocycles. The lowest BCUT2D eigenvalue weighted by Gasteiger charge is -2.06. The van der Waals surface area contributed by atoms with Crippen molar-refractivity contribution in [1.82, 2.24) is 5.32 Å². The Labute approximate surface area is 88.0 Å². The molecule has 1 N–H and O–H groups in total. The van der Waals surface area contributed by atoms with Gasteiger partial charge in [0.05, 0.1) is 6.54 Å². The van der Waals surface area contributed by atoms with E-state index in [9.17, 15) is 0 Å². The molecule has 2 aliphatic heterocycles. The van der Waals surface area contributed by atoms with E-state index in [1.807, 2.05) is 11.8 Å².